The Kier molecular flexibility index (Phi) is 8.07. The number of carbonyl (C=O) groups is 1. The van der Waals surface area contributed by atoms with Crippen molar-refractivity contribution in [3.8, 4) is 22.9 Å². The van der Waals surface area contributed by atoms with Gasteiger partial charge < -0.3 is 19.5 Å². The van der Waals surface area contributed by atoms with E-state index in [1.807, 2.05) is 69.3 Å². The first kappa shape index (κ1) is 26.9. The monoisotopic (exact) mass is 555 g/mol. The maximum atomic E-state index is 13.1. The number of nitrogens with one attached hydrogen (secondary N) is 2. The Morgan fingerprint density at radius 2 is 1.50 bits per heavy atom. The highest BCUT2D eigenvalue weighted by Gasteiger charge is 2.19. The number of fused-ring (bicyclic) bond motifs is 2. The van der Waals surface area contributed by atoms with Crippen LogP contribution < -0.4 is 24.8 Å². The molecular formula is C30H29N5O4S. The quantitative estimate of drug-likeness (QED) is 0.217. The molecule has 0 atom stereocenters. The molecule has 2 N–H and O–H groups in total. The lowest BCUT2D eigenvalue weighted by molar-refractivity contribution is 0.0976. The lowest BCUT2D eigenvalue weighted by atomic mass is 10.1. The summed E-state index contributed by atoms with van der Waals surface area (Å²) in [6, 6.07) is 22.9. The number of aromatic nitrogens is 3. The molecule has 0 spiro atoms. The fraction of sp³-hybridized carbons (Fsp3) is 0.200. The maximum absolute atomic E-state index is 13.1. The van der Waals surface area contributed by atoms with Crippen LogP contribution in [0.15, 0.2) is 72.8 Å². The van der Waals surface area contributed by atoms with Gasteiger partial charge in [0.2, 0.25) is 5.75 Å². The van der Waals surface area contributed by atoms with Crippen molar-refractivity contribution in [2.75, 3.05) is 25.1 Å². The number of hydrogen-bond acceptors (Lipinski definition) is 7. The number of benzene rings is 4. The zero-order valence-electron chi connectivity index (χ0n) is 22.4. The lowest BCUT2D eigenvalue weighted by Gasteiger charge is -2.17. The molecule has 0 saturated carbocycles. The number of anilines is 1. The van der Waals surface area contributed by atoms with Crippen LogP contribution in [0, 0.1) is 0 Å². The number of rotatable bonds is 9. The molecule has 0 aliphatic rings. The third kappa shape index (κ3) is 5.67. The highest BCUT2D eigenvalue weighted by Crippen LogP contribution is 2.39. The molecule has 0 saturated heterocycles. The summed E-state index contributed by atoms with van der Waals surface area (Å²) in [5.74, 6) is 0.914. The highest BCUT2D eigenvalue weighted by molar-refractivity contribution is 7.80. The summed E-state index contributed by atoms with van der Waals surface area (Å²) in [7, 11) is 0. The predicted molar refractivity (Wildman–Crippen MR) is 160 cm³/mol. The van der Waals surface area contributed by atoms with E-state index in [4.69, 9.17) is 26.4 Å². The summed E-state index contributed by atoms with van der Waals surface area (Å²) in [4.78, 5) is 14.7. The van der Waals surface area contributed by atoms with Crippen LogP contribution in [0.5, 0.6) is 17.2 Å². The molecule has 0 bridgehead atoms. The fourth-order valence-corrected chi connectivity index (χ4v) is 4.55. The molecule has 5 aromatic rings. The zero-order valence-corrected chi connectivity index (χ0v) is 23.2. The Hall–Kier alpha value is -4.70. The van der Waals surface area contributed by atoms with Gasteiger partial charge in [0, 0.05) is 16.6 Å². The van der Waals surface area contributed by atoms with E-state index in [1.54, 1.807) is 16.9 Å². The van der Waals surface area contributed by atoms with Crippen LogP contribution >= 0.6 is 12.2 Å². The van der Waals surface area contributed by atoms with E-state index >= 15 is 0 Å². The normalized spacial score (nSPS) is 10.9. The number of carbonyl (C=O) groups excluding carboxylic acids is 1. The van der Waals surface area contributed by atoms with Crippen molar-refractivity contribution in [2.45, 2.75) is 20.8 Å². The van der Waals surface area contributed by atoms with Crippen LogP contribution in [-0.2, 0) is 0 Å². The van der Waals surface area contributed by atoms with E-state index in [0.29, 0.717) is 53.8 Å². The van der Waals surface area contributed by atoms with Crippen LogP contribution in [0.3, 0.4) is 0 Å². The molecule has 10 heteroatoms. The molecule has 0 radical (unpaired) electrons. The average Bonchev–Trinajstić information content (AvgIpc) is 3.37. The average molecular weight is 556 g/mol. The van der Waals surface area contributed by atoms with Gasteiger partial charge in [0.1, 0.15) is 11.0 Å². The van der Waals surface area contributed by atoms with Gasteiger partial charge in [-0.05, 0) is 74.8 Å². The first-order valence-corrected chi connectivity index (χ1v) is 13.5. The van der Waals surface area contributed by atoms with Crippen molar-refractivity contribution >= 4 is 50.7 Å². The topological polar surface area (TPSA) is 99.5 Å². The zero-order chi connectivity index (χ0) is 28.1. The van der Waals surface area contributed by atoms with E-state index in [1.165, 1.54) is 0 Å². The lowest BCUT2D eigenvalue weighted by Crippen LogP contribution is -2.34. The molecule has 0 aliphatic carbocycles. The third-order valence-corrected chi connectivity index (χ3v) is 6.22. The van der Waals surface area contributed by atoms with E-state index in [9.17, 15) is 4.79 Å². The van der Waals surface area contributed by atoms with Gasteiger partial charge in [-0.25, -0.2) is 0 Å². The van der Waals surface area contributed by atoms with Crippen molar-refractivity contribution in [2.24, 2.45) is 0 Å². The van der Waals surface area contributed by atoms with E-state index < -0.39 is 5.91 Å². The third-order valence-electron chi connectivity index (χ3n) is 6.02. The summed E-state index contributed by atoms with van der Waals surface area (Å²) in [6.07, 6.45) is 0. The van der Waals surface area contributed by atoms with E-state index in [0.717, 1.165) is 22.0 Å². The van der Waals surface area contributed by atoms with Gasteiger partial charge in [0.05, 0.1) is 25.5 Å². The van der Waals surface area contributed by atoms with Gasteiger partial charge in [-0.15, -0.1) is 15.0 Å². The van der Waals surface area contributed by atoms with E-state index in [-0.39, 0.29) is 5.11 Å². The smallest absolute Gasteiger partial charge is 0.257 e. The molecule has 40 heavy (non-hydrogen) atoms. The van der Waals surface area contributed by atoms with Gasteiger partial charge in [0.25, 0.3) is 5.91 Å². The minimum atomic E-state index is -0.412. The van der Waals surface area contributed by atoms with Gasteiger partial charge >= 0.3 is 0 Å². The Morgan fingerprint density at radius 1 is 0.825 bits per heavy atom. The van der Waals surface area contributed by atoms with Crippen LogP contribution in [0.25, 0.3) is 27.5 Å². The summed E-state index contributed by atoms with van der Waals surface area (Å²) >= 11 is 5.43. The molecule has 4 aromatic carbocycles. The Morgan fingerprint density at radius 3 is 2.23 bits per heavy atom. The SMILES string of the molecule is CCOc1cc(C(=O)NC(=S)Nc2ccc3nn(-c4cccc5ccccc45)nc3c2)cc(OCC)c1OCC. The van der Waals surface area contributed by atoms with Crippen LogP contribution in [0.1, 0.15) is 31.1 Å². The highest BCUT2D eigenvalue weighted by atomic mass is 32.1. The summed E-state index contributed by atoms with van der Waals surface area (Å²) < 4.78 is 17.2. The minimum absolute atomic E-state index is 0.135. The number of ether oxygens (including phenoxy) is 3. The Balaban J connectivity index is 1.34. The molecule has 1 aromatic heterocycles. The molecule has 1 amide bonds. The Bertz CT molecular complexity index is 1670. The molecule has 9 nitrogen and oxygen atoms in total. The van der Waals surface area contributed by atoms with Crippen LogP contribution in [0.2, 0.25) is 0 Å². The molecule has 0 unspecified atom stereocenters. The minimum Gasteiger partial charge on any atom is -0.490 e. The standard InChI is InChI=1S/C30H29N5O4S/c1-4-37-26-16-20(17-27(38-5-2)28(26)39-6-3)29(36)32-30(40)31-21-14-15-23-24(18-21)34-35(33-23)25-13-9-11-19-10-7-8-12-22(19)25/h7-18H,4-6H2,1-3H3,(H2,31,32,36,40). The summed E-state index contributed by atoms with van der Waals surface area (Å²) in [5, 5.41) is 17.4. The van der Waals surface area contributed by atoms with Crippen LogP contribution in [-0.4, -0.2) is 45.8 Å². The van der Waals surface area contributed by atoms with Crippen molar-refractivity contribution in [1.29, 1.82) is 0 Å². The molecule has 0 aliphatic heterocycles. The van der Waals surface area contributed by atoms with Gasteiger partial charge in [-0.1, -0.05) is 36.4 Å². The van der Waals surface area contributed by atoms with Crippen molar-refractivity contribution < 1.29 is 19.0 Å². The number of thiocarbonyl (C=S) groups is 1. The predicted octanol–water partition coefficient (Wildman–Crippen LogP) is 5.90. The van der Waals surface area contributed by atoms with Gasteiger partial charge in [-0.2, -0.15) is 0 Å². The van der Waals surface area contributed by atoms with Crippen molar-refractivity contribution in [1.82, 2.24) is 20.3 Å². The van der Waals surface area contributed by atoms with Crippen LogP contribution in [0.4, 0.5) is 5.69 Å². The second kappa shape index (κ2) is 12.0. The summed E-state index contributed by atoms with van der Waals surface area (Å²) in [6.45, 7) is 6.84. The van der Waals surface area contributed by atoms with Gasteiger partial charge in [0.15, 0.2) is 16.6 Å². The molecule has 0 fully saturated rings. The summed E-state index contributed by atoms with van der Waals surface area (Å²) in [5.41, 5.74) is 3.29. The largest absolute Gasteiger partial charge is 0.490 e. The first-order chi connectivity index (χ1) is 19.5. The van der Waals surface area contributed by atoms with Crippen molar-refractivity contribution in [3.05, 3.63) is 78.4 Å². The second-order valence-corrected chi connectivity index (χ2v) is 9.11. The number of nitrogens with zero attached hydrogens (tertiary/aromatic N) is 3. The number of hydrogen-bond donors (Lipinski definition) is 2. The molecular weight excluding hydrogens is 526 g/mol. The van der Waals surface area contributed by atoms with Crippen molar-refractivity contribution in [3.63, 3.8) is 0 Å². The van der Waals surface area contributed by atoms with Gasteiger partial charge in [-0.3, -0.25) is 10.1 Å². The maximum Gasteiger partial charge on any atom is 0.257 e. The second-order valence-electron chi connectivity index (χ2n) is 8.70. The fourth-order valence-electron chi connectivity index (χ4n) is 4.34. The van der Waals surface area contributed by atoms with E-state index in [2.05, 4.69) is 33.0 Å². The number of amides is 1. The molecule has 1 heterocycles. The molecule has 5 rings (SSSR count). The first-order valence-electron chi connectivity index (χ1n) is 13.0. The Labute approximate surface area is 237 Å². The molecule has 204 valence electrons.